The highest BCUT2D eigenvalue weighted by molar-refractivity contribution is 5.79. The van der Waals surface area contributed by atoms with Gasteiger partial charge in [0.15, 0.2) is 0 Å². The first-order valence-corrected chi connectivity index (χ1v) is 7.57. The van der Waals surface area contributed by atoms with Gasteiger partial charge in [-0.25, -0.2) is 0 Å². The van der Waals surface area contributed by atoms with Crippen LogP contribution in [0.1, 0.15) is 25.7 Å². The van der Waals surface area contributed by atoms with Crippen LogP contribution in [0.2, 0.25) is 0 Å². The number of nitrogens with zero attached hydrogens (tertiary/aromatic N) is 1. The normalized spacial score (nSPS) is 36.4. The van der Waals surface area contributed by atoms with Crippen LogP contribution in [0.25, 0.3) is 0 Å². The second kappa shape index (κ2) is 6.20. The van der Waals surface area contributed by atoms with E-state index >= 15 is 0 Å². The number of morpholine rings is 1. The van der Waals surface area contributed by atoms with E-state index in [0.29, 0.717) is 19.1 Å². The summed E-state index contributed by atoms with van der Waals surface area (Å²) in [4.78, 5) is 14.5. The van der Waals surface area contributed by atoms with Gasteiger partial charge in [0, 0.05) is 26.2 Å². The Morgan fingerprint density at radius 1 is 1.11 bits per heavy atom. The van der Waals surface area contributed by atoms with Crippen molar-refractivity contribution in [2.45, 2.75) is 37.9 Å². The van der Waals surface area contributed by atoms with Crippen LogP contribution in [0.4, 0.5) is 0 Å². The summed E-state index contributed by atoms with van der Waals surface area (Å²) in [5, 5.41) is 3.32. The predicted octanol–water partition coefficient (Wildman–Crippen LogP) is 0.392. The molecular weight excluding hydrogens is 244 g/mol. The number of ether oxygens (including phenoxy) is 2. The van der Waals surface area contributed by atoms with Gasteiger partial charge < -0.3 is 19.7 Å². The summed E-state index contributed by atoms with van der Waals surface area (Å²) < 4.78 is 11.5. The Balaban J connectivity index is 1.56. The predicted molar refractivity (Wildman–Crippen MR) is 70.9 cm³/mol. The number of amides is 1. The van der Waals surface area contributed by atoms with Crippen molar-refractivity contribution >= 4 is 5.91 Å². The van der Waals surface area contributed by atoms with E-state index in [2.05, 4.69) is 5.32 Å². The highest BCUT2D eigenvalue weighted by atomic mass is 16.5. The first kappa shape index (κ1) is 13.3. The zero-order chi connectivity index (χ0) is 13.1. The van der Waals surface area contributed by atoms with E-state index in [9.17, 15) is 4.79 Å². The van der Waals surface area contributed by atoms with Gasteiger partial charge in [0.05, 0.1) is 18.6 Å². The summed E-state index contributed by atoms with van der Waals surface area (Å²) in [6.45, 7) is 4.81. The van der Waals surface area contributed by atoms with Gasteiger partial charge in [0.1, 0.15) is 6.10 Å². The molecule has 3 fully saturated rings. The average molecular weight is 268 g/mol. The zero-order valence-corrected chi connectivity index (χ0v) is 11.5. The minimum Gasteiger partial charge on any atom is -0.375 e. The Bertz CT molecular complexity index is 312. The Kier molecular flexibility index (Phi) is 4.35. The lowest BCUT2D eigenvalue weighted by atomic mass is 9.97. The van der Waals surface area contributed by atoms with Crippen molar-refractivity contribution in [2.75, 3.05) is 39.4 Å². The minimum atomic E-state index is 0.0803. The van der Waals surface area contributed by atoms with Crippen molar-refractivity contribution < 1.29 is 14.3 Å². The molecule has 1 N–H and O–H groups in total. The molecule has 3 rings (SSSR count). The molecule has 3 heterocycles. The molecule has 3 atom stereocenters. The molecule has 0 aromatic rings. The van der Waals surface area contributed by atoms with Crippen molar-refractivity contribution in [3.63, 3.8) is 0 Å². The fraction of sp³-hybridized carbons (Fsp3) is 0.929. The number of piperidine rings is 1. The van der Waals surface area contributed by atoms with E-state index < -0.39 is 0 Å². The molecule has 0 aromatic heterocycles. The maximum atomic E-state index is 12.5. The van der Waals surface area contributed by atoms with Gasteiger partial charge in [-0.3, -0.25) is 4.79 Å². The van der Waals surface area contributed by atoms with Gasteiger partial charge >= 0.3 is 0 Å². The monoisotopic (exact) mass is 268 g/mol. The van der Waals surface area contributed by atoms with Crippen LogP contribution < -0.4 is 5.32 Å². The molecule has 0 radical (unpaired) electrons. The van der Waals surface area contributed by atoms with E-state index in [0.717, 1.165) is 51.9 Å². The maximum Gasteiger partial charge on any atom is 0.227 e. The lowest BCUT2D eigenvalue weighted by molar-refractivity contribution is -0.149. The summed E-state index contributed by atoms with van der Waals surface area (Å²) in [6, 6.07) is 0. The fourth-order valence-electron chi connectivity index (χ4n) is 3.32. The maximum absolute atomic E-state index is 12.5. The van der Waals surface area contributed by atoms with Crippen LogP contribution in [0.3, 0.4) is 0 Å². The van der Waals surface area contributed by atoms with Crippen LogP contribution in [-0.2, 0) is 14.3 Å². The molecule has 5 heteroatoms. The third-order valence-corrected chi connectivity index (χ3v) is 4.43. The third kappa shape index (κ3) is 3.09. The lowest BCUT2D eigenvalue weighted by Gasteiger charge is -2.37. The van der Waals surface area contributed by atoms with Crippen molar-refractivity contribution in [3.8, 4) is 0 Å². The second-order valence-electron chi connectivity index (χ2n) is 5.79. The Labute approximate surface area is 114 Å². The second-order valence-corrected chi connectivity index (χ2v) is 5.79. The summed E-state index contributed by atoms with van der Waals surface area (Å²) in [5.41, 5.74) is 0. The Hall–Kier alpha value is -0.650. The van der Waals surface area contributed by atoms with Gasteiger partial charge in [-0.1, -0.05) is 0 Å². The summed E-state index contributed by atoms with van der Waals surface area (Å²) in [6.07, 6.45) is 4.59. The molecule has 3 unspecified atom stereocenters. The number of hydrogen-bond acceptors (Lipinski definition) is 4. The van der Waals surface area contributed by atoms with Gasteiger partial charge in [-0.2, -0.15) is 0 Å². The minimum absolute atomic E-state index is 0.0803. The standard InChI is InChI=1S/C14H24N2O3/c17-14(11-3-1-5-15-9-11)16-6-8-19-13(10-16)12-4-2-7-18-12/h11-13,15H,1-10H2. The Morgan fingerprint density at radius 2 is 2.00 bits per heavy atom. The van der Waals surface area contributed by atoms with E-state index in [1.54, 1.807) is 0 Å². The van der Waals surface area contributed by atoms with E-state index in [-0.39, 0.29) is 18.1 Å². The molecule has 0 bridgehead atoms. The first-order chi connectivity index (χ1) is 9.34. The summed E-state index contributed by atoms with van der Waals surface area (Å²) in [7, 11) is 0. The average Bonchev–Trinajstić information content (AvgIpc) is 3.02. The summed E-state index contributed by atoms with van der Waals surface area (Å²) in [5.74, 6) is 0.468. The SMILES string of the molecule is O=C(C1CCCNC1)N1CCOC(C2CCCO2)C1. The number of hydrogen-bond donors (Lipinski definition) is 1. The molecule has 0 spiro atoms. The lowest BCUT2D eigenvalue weighted by Crippen LogP contribution is -2.52. The number of rotatable bonds is 2. The van der Waals surface area contributed by atoms with E-state index in [1.807, 2.05) is 4.90 Å². The van der Waals surface area contributed by atoms with Crippen molar-refractivity contribution in [1.82, 2.24) is 10.2 Å². The molecule has 108 valence electrons. The van der Waals surface area contributed by atoms with Gasteiger partial charge in [-0.05, 0) is 32.2 Å². The number of carbonyl (C=O) groups excluding carboxylic acids is 1. The van der Waals surface area contributed by atoms with Crippen molar-refractivity contribution in [1.29, 1.82) is 0 Å². The molecule has 5 nitrogen and oxygen atoms in total. The highest BCUT2D eigenvalue weighted by Gasteiger charge is 2.35. The van der Waals surface area contributed by atoms with Gasteiger partial charge in [0.2, 0.25) is 5.91 Å². The largest absolute Gasteiger partial charge is 0.375 e. The molecule has 3 aliphatic rings. The third-order valence-electron chi connectivity index (χ3n) is 4.43. The summed E-state index contributed by atoms with van der Waals surface area (Å²) >= 11 is 0. The molecule has 3 saturated heterocycles. The molecule has 1 amide bonds. The molecule has 0 aromatic carbocycles. The highest BCUT2D eigenvalue weighted by Crippen LogP contribution is 2.22. The smallest absolute Gasteiger partial charge is 0.227 e. The quantitative estimate of drug-likeness (QED) is 0.787. The molecule has 0 saturated carbocycles. The molecule has 0 aliphatic carbocycles. The molecule has 3 aliphatic heterocycles. The zero-order valence-electron chi connectivity index (χ0n) is 11.5. The van der Waals surface area contributed by atoms with Crippen LogP contribution in [0.5, 0.6) is 0 Å². The van der Waals surface area contributed by atoms with Crippen LogP contribution >= 0.6 is 0 Å². The number of carbonyl (C=O) groups is 1. The van der Waals surface area contributed by atoms with Gasteiger partial charge in [0.25, 0.3) is 0 Å². The van der Waals surface area contributed by atoms with E-state index in [4.69, 9.17) is 9.47 Å². The molecular formula is C14H24N2O3. The van der Waals surface area contributed by atoms with Crippen molar-refractivity contribution in [2.24, 2.45) is 5.92 Å². The van der Waals surface area contributed by atoms with Crippen LogP contribution in [-0.4, -0.2) is 62.4 Å². The van der Waals surface area contributed by atoms with E-state index in [1.165, 1.54) is 0 Å². The first-order valence-electron chi connectivity index (χ1n) is 7.57. The molecule has 19 heavy (non-hydrogen) atoms. The topological polar surface area (TPSA) is 50.8 Å². The van der Waals surface area contributed by atoms with Gasteiger partial charge in [-0.15, -0.1) is 0 Å². The van der Waals surface area contributed by atoms with Crippen molar-refractivity contribution in [3.05, 3.63) is 0 Å². The van der Waals surface area contributed by atoms with Crippen LogP contribution in [0.15, 0.2) is 0 Å². The Morgan fingerprint density at radius 3 is 2.74 bits per heavy atom. The van der Waals surface area contributed by atoms with Crippen LogP contribution in [0, 0.1) is 5.92 Å². The number of nitrogens with one attached hydrogen (secondary N) is 1. The fourth-order valence-corrected chi connectivity index (χ4v) is 3.32.